The Balaban J connectivity index is 1.54. The van der Waals surface area contributed by atoms with E-state index < -0.39 is 22.9 Å². The van der Waals surface area contributed by atoms with Gasteiger partial charge in [-0.25, -0.2) is 0 Å². The number of rotatable bonds is 2. The van der Waals surface area contributed by atoms with Crippen LogP contribution in [0, 0.1) is 0 Å². The molecule has 19 heavy (non-hydrogen) atoms. The van der Waals surface area contributed by atoms with Crippen LogP contribution in [0.2, 0.25) is 0 Å². The number of ether oxygens (including phenoxy) is 6. The van der Waals surface area contributed by atoms with E-state index in [1.165, 1.54) is 0 Å². The second kappa shape index (κ2) is 3.96. The first kappa shape index (κ1) is 13.0. The third-order valence-electron chi connectivity index (χ3n) is 3.75. The van der Waals surface area contributed by atoms with Crippen LogP contribution in [0.5, 0.6) is 0 Å². The molecule has 4 aliphatic heterocycles. The lowest BCUT2D eigenvalue weighted by molar-refractivity contribution is -0.313. The molecule has 0 unspecified atom stereocenters. The maximum Gasteiger partial charge on any atom is 0.318 e. The first-order valence-electron chi connectivity index (χ1n) is 6.19. The summed E-state index contributed by atoms with van der Waals surface area (Å²) in [7, 11) is 0. The van der Waals surface area contributed by atoms with E-state index in [1.54, 1.807) is 0 Å². The van der Waals surface area contributed by atoms with Crippen LogP contribution in [0.3, 0.4) is 0 Å². The summed E-state index contributed by atoms with van der Waals surface area (Å²) in [6.45, 7) is 4.16. The van der Waals surface area contributed by atoms with Crippen LogP contribution in [0.1, 0.15) is 13.8 Å². The maximum atomic E-state index is 5.86. The molecule has 0 aromatic rings. The minimum absolute atomic E-state index is 0.224. The maximum absolute atomic E-state index is 5.86. The highest BCUT2D eigenvalue weighted by molar-refractivity contribution is 6.44. The van der Waals surface area contributed by atoms with Gasteiger partial charge < -0.3 is 23.7 Å². The Hall–Kier alpha value is 0.340. The molecule has 4 saturated heterocycles. The zero-order valence-corrected chi connectivity index (χ0v) is 11.9. The number of hydrogen-bond donors (Lipinski definition) is 0. The summed E-state index contributed by atoms with van der Waals surface area (Å²) in [6, 6.07) is 0. The van der Waals surface area contributed by atoms with Gasteiger partial charge in [-0.3, -0.25) is 4.74 Å². The van der Waals surface area contributed by atoms with E-state index >= 15 is 0 Å². The highest BCUT2D eigenvalue weighted by Gasteiger charge is 2.71. The van der Waals surface area contributed by atoms with Gasteiger partial charge in [-0.1, -0.05) is 23.2 Å². The molecule has 4 rings (SSSR count). The second-order valence-corrected chi connectivity index (χ2v) is 6.62. The van der Waals surface area contributed by atoms with Gasteiger partial charge >= 0.3 is 5.97 Å². The molecular weight excluding hydrogens is 299 g/mol. The first-order chi connectivity index (χ1) is 8.90. The molecule has 4 heterocycles. The van der Waals surface area contributed by atoms with Crippen LogP contribution < -0.4 is 0 Å². The summed E-state index contributed by atoms with van der Waals surface area (Å²) in [6.07, 6.45) is -1.68. The highest BCUT2D eigenvalue weighted by Crippen LogP contribution is 2.52. The zero-order valence-electron chi connectivity index (χ0n) is 10.4. The van der Waals surface area contributed by atoms with Gasteiger partial charge in [0.2, 0.25) is 0 Å². The third kappa shape index (κ3) is 1.79. The molecule has 0 amide bonds. The lowest BCUT2D eigenvalue weighted by atomic mass is 10.1. The summed E-state index contributed by atoms with van der Waals surface area (Å²) in [4.78, 5) is -0.940. The molecule has 0 N–H and O–H groups in total. The van der Waals surface area contributed by atoms with Crippen molar-refractivity contribution in [3.05, 3.63) is 0 Å². The van der Waals surface area contributed by atoms with E-state index in [-0.39, 0.29) is 24.4 Å². The van der Waals surface area contributed by atoms with Gasteiger partial charge in [0.1, 0.15) is 24.4 Å². The van der Waals surface area contributed by atoms with Gasteiger partial charge in [-0.2, -0.15) is 0 Å². The monoisotopic (exact) mass is 312 g/mol. The SMILES string of the molecule is CC1(C)OC[C@H]([C@H]2O[C@H]3O[C@@]4(C(Cl)Cl)O[C@@H]2[C@@H]3O4)O1. The largest absolute Gasteiger partial charge is 0.348 e. The van der Waals surface area contributed by atoms with Crippen molar-refractivity contribution in [3.63, 3.8) is 0 Å². The molecule has 6 nitrogen and oxygen atoms in total. The number of alkyl halides is 2. The molecule has 2 bridgehead atoms. The molecule has 0 radical (unpaired) electrons. The quantitative estimate of drug-likeness (QED) is 0.713. The summed E-state index contributed by atoms with van der Waals surface area (Å²) in [5.74, 6) is -2.03. The van der Waals surface area contributed by atoms with Crippen molar-refractivity contribution >= 4 is 23.2 Å². The normalized spacial score (nSPS) is 54.5. The molecule has 6 atom stereocenters. The van der Waals surface area contributed by atoms with Crippen molar-refractivity contribution in [3.8, 4) is 0 Å². The van der Waals surface area contributed by atoms with Crippen LogP contribution in [-0.4, -0.2) is 53.9 Å². The molecular formula is C11H14Cl2O6. The van der Waals surface area contributed by atoms with Crippen LogP contribution in [0.15, 0.2) is 0 Å². The standard InChI is InChI=1S/C11H14Cl2O6/c1-10(2)14-3-4(16-10)5-6-7-8(15-5)19-11(17-6,18-7)9(12)13/h4-9H,3H2,1-2H3/t4-,5-,6+,7+,8+,11+/m1/s1. The molecule has 4 aliphatic rings. The summed E-state index contributed by atoms with van der Waals surface area (Å²) < 4.78 is 34.0. The van der Waals surface area contributed by atoms with Crippen molar-refractivity contribution in [1.82, 2.24) is 0 Å². The fraction of sp³-hybridized carbons (Fsp3) is 1.00. The average molecular weight is 313 g/mol. The average Bonchev–Trinajstić information content (AvgIpc) is 2.97. The van der Waals surface area contributed by atoms with Crippen molar-refractivity contribution in [2.45, 2.75) is 61.1 Å². The Morgan fingerprint density at radius 1 is 1.00 bits per heavy atom. The molecule has 0 spiro atoms. The molecule has 4 fully saturated rings. The van der Waals surface area contributed by atoms with E-state index in [0.717, 1.165) is 0 Å². The van der Waals surface area contributed by atoms with Crippen LogP contribution in [0.4, 0.5) is 0 Å². The van der Waals surface area contributed by atoms with Crippen molar-refractivity contribution in [1.29, 1.82) is 0 Å². The van der Waals surface area contributed by atoms with Gasteiger partial charge in [-0.05, 0) is 13.8 Å². The highest BCUT2D eigenvalue weighted by atomic mass is 35.5. The number of halogens is 2. The van der Waals surface area contributed by atoms with Crippen LogP contribution in [-0.2, 0) is 28.4 Å². The topological polar surface area (TPSA) is 55.4 Å². The lowest BCUT2D eigenvalue weighted by Gasteiger charge is -2.26. The van der Waals surface area contributed by atoms with Gasteiger partial charge in [0.15, 0.2) is 16.9 Å². The second-order valence-electron chi connectivity index (χ2n) is 5.52. The van der Waals surface area contributed by atoms with Gasteiger partial charge in [0.25, 0.3) is 0 Å². The Morgan fingerprint density at radius 2 is 1.74 bits per heavy atom. The van der Waals surface area contributed by atoms with Crippen LogP contribution in [0.25, 0.3) is 0 Å². The minimum Gasteiger partial charge on any atom is -0.348 e. The van der Waals surface area contributed by atoms with Crippen molar-refractivity contribution in [2.24, 2.45) is 0 Å². The Morgan fingerprint density at radius 3 is 2.26 bits per heavy atom. The predicted octanol–water partition coefficient (Wildman–Crippen LogP) is 1.13. The fourth-order valence-corrected chi connectivity index (χ4v) is 3.27. The van der Waals surface area contributed by atoms with Crippen molar-refractivity contribution in [2.75, 3.05) is 6.61 Å². The van der Waals surface area contributed by atoms with Crippen molar-refractivity contribution < 1.29 is 28.4 Å². The third-order valence-corrected chi connectivity index (χ3v) is 4.29. The zero-order chi connectivity index (χ0) is 13.4. The number of hydrogen-bond acceptors (Lipinski definition) is 6. The van der Waals surface area contributed by atoms with Gasteiger partial charge in [0, 0.05) is 0 Å². The molecule has 0 aromatic carbocycles. The van der Waals surface area contributed by atoms with Gasteiger partial charge in [0.05, 0.1) is 6.61 Å². The first-order valence-corrected chi connectivity index (χ1v) is 7.06. The van der Waals surface area contributed by atoms with E-state index in [1.807, 2.05) is 13.8 Å². The van der Waals surface area contributed by atoms with E-state index in [9.17, 15) is 0 Å². The molecule has 0 aliphatic carbocycles. The summed E-state index contributed by atoms with van der Waals surface area (Å²) in [5, 5.41) is 0. The fourth-order valence-electron chi connectivity index (χ4n) is 2.96. The van der Waals surface area contributed by atoms with Gasteiger partial charge in [-0.15, -0.1) is 0 Å². The van der Waals surface area contributed by atoms with E-state index in [0.29, 0.717) is 6.61 Å². The smallest absolute Gasteiger partial charge is 0.318 e. The summed E-state index contributed by atoms with van der Waals surface area (Å²) >= 11 is 11.7. The summed E-state index contributed by atoms with van der Waals surface area (Å²) in [5.41, 5.74) is 0. The molecule has 0 saturated carbocycles. The molecule has 8 heteroatoms. The van der Waals surface area contributed by atoms with E-state index in [2.05, 4.69) is 0 Å². The molecule has 0 aromatic heterocycles. The van der Waals surface area contributed by atoms with Crippen LogP contribution >= 0.6 is 23.2 Å². The predicted molar refractivity (Wildman–Crippen MR) is 62.6 cm³/mol. The Labute approximate surface area is 120 Å². The number of fused-ring (bicyclic) bond motifs is 1. The lowest BCUT2D eigenvalue weighted by Crippen LogP contribution is -2.45. The minimum atomic E-state index is -1.41. The molecule has 108 valence electrons. The Bertz CT molecular complexity index is 401. The Kier molecular flexibility index (Phi) is 2.71. The van der Waals surface area contributed by atoms with E-state index in [4.69, 9.17) is 51.6 Å².